The second-order valence-corrected chi connectivity index (χ2v) is 5.45. The molecule has 100 valence electrons. The van der Waals surface area contributed by atoms with Crippen LogP contribution in [0.15, 0.2) is 28.7 Å². The highest BCUT2D eigenvalue weighted by Crippen LogP contribution is 2.18. The summed E-state index contributed by atoms with van der Waals surface area (Å²) in [5.41, 5.74) is 3.37. The molecule has 0 spiro atoms. The first-order valence-electron chi connectivity index (χ1n) is 6.42. The molecule has 1 N–H and O–H groups in total. The minimum atomic E-state index is 0.749. The molecule has 0 radical (unpaired) electrons. The van der Waals surface area contributed by atoms with Crippen LogP contribution in [0.25, 0.3) is 0 Å². The number of nitrogens with one attached hydrogen (secondary N) is 1. The van der Waals surface area contributed by atoms with Gasteiger partial charge in [-0.2, -0.15) is 0 Å². The Morgan fingerprint density at radius 2 is 2.00 bits per heavy atom. The second kappa shape index (κ2) is 6.15. The molecule has 0 aliphatic carbocycles. The third-order valence-corrected chi connectivity index (χ3v) is 3.52. The Hall–Kier alpha value is -1.42. The highest BCUT2D eigenvalue weighted by atomic mass is 79.9. The zero-order valence-electron chi connectivity index (χ0n) is 11.5. The predicted molar refractivity (Wildman–Crippen MR) is 82.6 cm³/mol. The van der Waals surface area contributed by atoms with E-state index in [1.54, 1.807) is 0 Å². The predicted octanol–water partition coefficient (Wildman–Crippen LogP) is 3.88. The van der Waals surface area contributed by atoms with Crippen molar-refractivity contribution >= 4 is 21.7 Å². The first-order chi connectivity index (χ1) is 9.10. The fourth-order valence-corrected chi connectivity index (χ4v) is 2.38. The SMILES string of the molecule is CCNc1nc(Cc2cccc(Br)c2)nc(C)c1C. The van der Waals surface area contributed by atoms with Crippen molar-refractivity contribution in [2.45, 2.75) is 27.2 Å². The van der Waals surface area contributed by atoms with E-state index in [0.717, 1.165) is 40.3 Å². The van der Waals surface area contributed by atoms with Gasteiger partial charge in [0.25, 0.3) is 0 Å². The summed E-state index contributed by atoms with van der Waals surface area (Å²) in [5.74, 6) is 1.80. The van der Waals surface area contributed by atoms with Gasteiger partial charge < -0.3 is 5.32 Å². The smallest absolute Gasteiger partial charge is 0.135 e. The molecule has 1 aromatic heterocycles. The molecule has 0 bridgehead atoms. The number of anilines is 1. The quantitative estimate of drug-likeness (QED) is 0.929. The molecule has 4 heteroatoms. The third-order valence-electron chi connectivity index (χ3n) is 3.03. The Kier molecular flexibility index (Phi) is 4.53. The maximum atomic E-state index is 4.61. The van der Waals surface area contributed by atoms with E-state index in [4.69, 9.17) is 0 Å². The van der Waals surface area contributed by atoms with Crippen LogP contribution in [0.2, 0.25) is 0 Å². The van der Waals surface area contributed by atoms with Crippen LogP contribution in [0.5, 0.6) is 0 Å². The summed E-state index contributed by atoms with van der Waals surface area (Å²) < 4.78 is 1.08. The van der Waals surface area contributed by atoms with Gasteiger partial charge in [-0.25, -0.2) is 9.97 Å². The van der Waals surface area contributed by atoms with Crippen molar-refractivity contribution in [2.24, 2.45) is 0 Å². The lowest BCUT2D eigenvalue weighted by Gasteiger charge is -2.11. The molecule has 2 rings (SSSR count). The van der Waals surface area contributed by atoms with Gasteiger partial charge in [-0.15, -0.1) is 0 Å². The first kappa shape index (κ1) is 14.0. The summed E-state index contributed by atoms with van der Waals surface area (Å²) in [7, 11) is 0. The zero-order chi connectivity index (χ0) is 13.8. The molecule has 3 nitrogen and oxygen atoms in total. The van der Waals surface area contributed by atoms with Crippen LogP contribution >= 0.6 is 15.9 Å². The number of hydrogen-bond acceptors (Lipinski definition) is 3. The van der Waals surface area contributed by atoms with Gasteiger partial charge in [0.1, 0.15) is 11.6 Å². The van der Waals surface area contributed by atoms with Gasteiger partial charge in [0.15, 0.2) is 0 Å². The van der Waals surface area contributed by atoms with Crippen LogP contribution < -0.4 is 5.32 Å². The largest absolute Gasteiger partial charge is 0.370 e. The minimum Gasteiger partial charge on any atom is -0.370 e. The third kappa shape index (κ3) is 3.53. The van der Waals surface area contributed by atoms with Crippen LogP contribution in [-0.4, -0.2) is 16.5 Å². The van der Waals surface area contributed by atoms with E-state index in [1.165, 1.54) is 5.56 Å². The molecule has 0 saturated carbocycles. The highest BCUT2D eigenvalue weighted by Gasteiger charge is 2.08. The average Bonchev–Trinajstić information content (AvgIpc) is 2.35. The number of rotatable bonds is 4. The van der Waals surface area contributed by atoms with Crippen LogP contribution in [0.3, 0.4) is 0 Å². The maximum absolute atomic E-state index is 4.61. The van der Waals surface area contributed by atoms with Crippen LogP contribution in [0.1, 0.15) is 29.6 Å². The first-order valence-corrected chi connectivity index (χ1v) is 7.22. The van der Waals surface area contributed by atoms with Crippen molar-refractivity contribution in [3.05, 3.63) is 51.4 Å². The van der Waals surface area contributed by atoms with E-state index in [2.05, 4.69) is 57.2 Å². The molecule has 2 aromatic rings. The van der Waals surface area contributed by atoms with Crippen LogP contribution in [-0.2, 0) is 6.42 Å². The van der Waals surface area contributed by atoms with Crippen molar-refractivity contribution in [2.75, 3.05) is 11.9 Å². The topological polar surface area (TPSA) is 37.8 Å². The van der Waals surface area contributed by atoms with E-state index in [9.17, 15) is 0 Å². The number of aromatic nitrogens is 2. The molecule has 0 saturated heterocycles. The molecule has 0 atom stereocenters. The Morgan fingerprint density at radius 3 is 2.68 bits per heavy atom. The average molecular weight is 320 g/mol. The van der Waals surface area contributed by atoms with Gasteiger partial charge in [0, 0.05) is 28.7 Å². The number of nitrogens with zero attached hydrogens (tertiary/aromatic N) is 2. The normalized spacial score (nSPS) is 10.5. The zero-order valence-corrected chi connectivity index (χ0v) is 13.1. The Labute approximate surface area is 122 Å². The molecule has 1 heterocycles. The fraction of sp³-hybridized carbons (Fsp3) is 0.333. The molecule has 0 aliphatic rings. The summed E-state index contributed by atoms with van der Waals surface area (Å²) >= 11 is 3.49. The molecule has 0 fully saturated rings. The molecule has 0 unspecified atom stereocenters. The Morgan fingerprint density at radius 1 is 1.21 bits per heavy atom. The van der Waals surface area contributed by atoms with Crippen molar-refractivity contribution < 1.29 is 0 Å². The lowest BCUT2D eigenvalue weighted by molar-refractivity contribution is 0.922. The van der Waals surface area contributed by atoms with Crippen molar-refractivity contribution in [3.8, 4) is 0 Å². The van der Waals surface area contributed by atoms with Crippen molar-refractivity contribution in [1.82, 2.24) is 9.97 Å². The van der Waals surface area contributed by atoms with Gasteiger partial charge >= 0.3 is 0 Å². The molecule has 0 amide bonds. The van der Waals surface area contributed by atoms with Gasteiger partial charge in [-0.1, -0.05) is 28.1 Å². The molecular weight excluding hydrogens is 302 g/mol. The monoisotopic (exact) mass is 319 g/mol. The number of benzene rings is 1. The van der Waals surface area contributed by atoms with Gasteiger partial charge in [-0.3, -0.25) is 0 Å². The highest BCUT2D eigenvalue weighted by molar-refractivity contribution is 9.10. The maximum Gasteiger partial charge on any atom is 0.135 e. The molecular formula is C15H18BrN3. The number of aryl methyl sites for hydroxylation is 1. The summed E-state index contributed by atoms with van der Waals surface area (Å²) in [4.78, 5) is 9.18. The van der Waals surface area contributed by atoms with Gasteiger partial charge in [0.2, 0.25) is 0 Å². The Bertz CT molecular complexity index is 582. The summed E-state index contributed by atoms with van der Waals surface area (Å²) in [6.45, 7) is 7.02. The number of hydrogen-bond donors (Lipinski definition) is 1. The van der Waals surface area contributed by atoms with E-state index in [0.29, 0.717) is 0 Å². The summed E-state index contributed by atoms with van der Waals surface area (Å²) in [6.07, 6.45) is 0.749. The lowest BCUT2D eigenvalue weighted by atomic mass is 10.1. The molecule has 0 aliphatic heterocycles. The van der Waals surface area contributed by atoms with Crippen LogP contribution in [0.4, 0.5) is 5.82 Å². The van der Waals surface area contributed by atoms with E-state index in [1.807, 2.05) is 19.1 Å². The second-order valence-electron chi connectivity index (χ2n) is 4.54. The lowest BCUT2D eigenvalue weighted by Crippen LogP contribution is -2.08. The summed E-state index contributed by atoms with van der Waals surface area (Å²) in [5, 5.41) is 3.29. The van der Waals surface area contributed by atoms with Gasteiger partial charge in [-0.05, 0) is 38.5 Å². The van der Waals surface area contributed by atoms with E-state index in [-0.39, 0.29) is 0 Å². The van der Waals surface area contributed by atoms with Gasteiger partial charge in [0.05, 0.1) is 0 Å². The standard InChI is InChI=1S/C15H18BrN3/c1-4-17-15-10(2)11(3)18-14(19-15)9-12-6-5-7-13(16)8-12/h5-8H,4,9H2,1-3H3,(H,17,18,19). The number of halogens is 1. The summed E-state index contributed by atoms with van der Waals surface area (Å²) in [6, 6.07) is 8.25. The fourth-order valence-electron chi connectivity index (χ4n) is 1.93. The minimum absolute atomic E-state index is 0.749. The van der Waals surface area contributed by atoms with E-state index >= 15 is 0 Å². The molecule has 1 aromatic carbocycles. The Balaban J connectivity index is 2.30. The molecule has 19 heavy (non-hydrogen) atoms. The van der Waals surface area contributed by atoms with Crippen LogP contribution in [0, 0.1) is 13.8 Å². The van der Waals surface area contributed by atoms with E-state index < -0.39 is 0 Å². The van der Waals surface area contributed by atoms with Crippen molar-refractivity contribution in [1.29, 1.82) is 0 Å². The van der Waals surface area contributed by atoms with Crippen molar-refractivity contribution in [3.63, 3.8) is 0 Å².